The molecule has 8 heteroatoms. The van der Waals surface area contributed by atoms with E-state index in [9.17, 15) is 9.59 Å². The summed E-state index contributed by atoms with van der Waals surface area (Å²) in [5.41, 5.74) is 2.45. The minimum absolute atomic E-state index is 0.0866. The Morgan fingerprint density at radius 3 is 2.79 bits per heavy atom. The van der Waals surface area contributed by atoms with Gasteiger partial charge in [0.15, 0.2) is 11.0 Å². The molecule has 2 N–H and O–H groups in total. The van der Waals surface area contributed by atoms with Gasteiger partial charge in [-0.05, 0) is 30.3 Å². The molecule has 1 saturated heterocycles. The van der Waals surface area contributed by atoms with Crippen molar-refractivity contribution < 1.29 is 9.59 Å². The van der Waals surface area contributed by atoms with Gasteiger partial charge in [0.2, 0.25) is 5.91 Å². The number of aromatic nitrogens is 1. The SMILES string of the molecule is O=C(CC1S/C(=N/N=C/c2c[nH]c3ccccc23)NC1=O)c1ccc(Cl)cc1. The summed E-state index contributed by atoms with van der Waals surface area (Å²) in [7, 11) is 0. The number of carbonyl (C=O) groups excluding carboxylic acids is 2. The van der Waals surface area contributed by atoms with Gasteiger partial charge in [-0.2, -0.15) is 5.10 Å². The van der Waals surface area contributed by atoms with Crippen molar-refractivity contribution >= 4 is 57.3 Å². The fourth-order valence-corrected chi connectivity index (χ4v) is 3.90. The van der Waals surface area contributed by atoms with Crippen LogP contribution in [-0.2, 0) is 4.79 Å². The molecule has 6 nitrogen and oxygen atoms in total. The summed E-state index contributed by atoms with van der Waals surface area (Å²) in [5, 5.41) is 12.3. The number of fused-ring (bicyclic) bond motifs is 1. The van der Waals surface area contributed by atoms with Crippen LogP contribution in [0.2, 0.25) is 5.02 Å². The smallest absolute Gasteiger partial charge is 0.240 e. The van der Waals surface area contributed by atoms with Gasteiger partial charge in [-0.15, -0.1) is 5.10 Å². The molecule has 3 aromatic rings. The standard InChI is InChI=1S/C20H15ClN4O2S/c21-14-7-5-12(6-8-14)17(26)9-18-19(27)24-20(28-18)25-23-11-13-10-22-16-4-2-1-3-15(13)16/h1-8,10-11,18,22H,9H2,(H,24,25,27)/b23-11+. The van der Waals surface area contributed by atoms with E-state index in [1.807, 2.05) is 30.5 Å². The molecule has 1 aliphatic rings. The number of ketones is 1. The lowest BCUT2D eigenvalue weighted by Gasteiger charge is -2.04. The van der Waals surface area contributed by atoms with Gasteiger partial charge in [0.25, 0.3) is 0 Å². The van der Waals surface area contributed by atoms with Gasteiger partial charge in [-0.3, -0.25) is 9.59 Å². The Morgan fingerprint density at radius 2 is 1.96 bits per heavy atom. The van der Waals surface area contributed by atoms with Crippen LogP contribution >= 0.6 is 23.4 Å². The second-order valence-corrected chi connectivity index (χ2v) is 7.80. The number of halogens is 1. The van der Waals surface area contributed by atoms with Crippen LogP contribution in [0.4, 0.5) is 0 Å². The highest BCUT2D eigenvalue weighted by Gasteiger charge is 2.32. The summed E-state index contributed by atoms with van der Waals surface area (Å²) in [4.78, 5) is 27.6. The Balaban J connectivity index is 1.41. The monoisotopic (exact) mass is 410 g/mol. The molecule has 140 valence electrons. The van der Waals surface area contributed by atoms with Crippen molar-refractivity contribution in [1.29, 1.82) is 0 Å². The number of nitrogens with zero attached hydrogens (tertiary/aromatic N) is 2. The molecule has 1 aliphatic heterocycles. The fraction of sp³-hybridized carbons (Fsp3) is 0.100. The van der Waals surface area contributed by atoms with Gasteiger partial charge in [-0.1, -0.05) is 41.6 Å². The predicted molar refractivity (Wildman–Crippen MR) is 113 cm³/mol. The highest BCUT2D eigenvalue weighted by molar-refractivity contribution is 8.15. The summed E-state index contributed by atoms with van der Waals surface area (Å²) in [6.45, 7) is 0. The summed E-state index contributed by atoms with van der Waals surface area (Å²) >= 11 is 7.04. The van der Waals surface area contributed by atoms with Crippen molar-refractivity contribution in [3.05, 3.63) is 70.9 Å². The maximum atomic E-state index is 12.3. The lowest BCUT2D eigenvalue weighted by molar-refractivity contribution is -0.118. The number of H-pyrrole nitrogens is 1. The zero-order valence-electron chi connectivity index (χ0n) is 14.6. The van der Waals surface area contributed by atoms with E-state index in [0.717, 1.165) is 16.5 Å². The Bertz CT molecular complexity index is 1100. The van der Waals surface area contributed by atoms with Crippen LogP contribution in [0.5, 0.6) is 0 Å². The summed E-state index contributed by atoms with van der Waals surface area (Å²) in [6, 6.07) is 14.5. The van der Waals surface area contributed by atoms with Crippen LogP contribution in [0.15, 0.2) is 64.9 Å². The maximum Gasteiger partial charge on any atom is 0.240 e. The number of hydrogen-bond donors (Lipinski definition) is 2. The van der Waals surface area contributed by atoms with Crippen molar-refractivity contribution in [2.75, 3.05) is 0 Å². The largest absolute Gasteiger partial charge is 0.361 e. The molecule has 0 radical (unpaired) electrons. The molecule has 1 fully saturated rings. The number of nitrogens with one attached hydrogen (secondary N) is 2. The first-order valence-electron chi connectivity index (χ1n) is 8.53. The van der Waals surface area contributed by atoms with Crippen molar-refractivity contribution in [3.8, 4) is 0 Å². The molecule has 0 spiro atoms. The molecular formula is C20H15ClN4O2S. The van der Waals surface area contributed by atoms with E-state index in [1.165, 1.54) is 11.8 Å². The second kappa shape index (κ2) is 8.00. The molecule has 0 saturated carbocycles. The Hall–Kier alpha value is -2.90. The van der Waals surface area contributed by atoms with E-state index < -0.39 is 5.25 Å². The number of amidine groups is 1. The number of Topliss-reactive ketones (excluding diaryl/α,β-unsaturated/α-hetero) is 1. The molecular weight excluding hydrogens is 396 g/mol. The number of hydrogen-bond acceptors (Lipinski definition) is 5. The number of benzene rings is 2. The first-order chi connectivity index (χ1) is 13.6. The number of para-hydroxylation sites is 1. The van der Waals surface area contributed by atoms with Crippen LogP contribution in [0, 0.1) is 0 Å². The molecule has 28 heavy (non-hydrogen) atoms. The third-order valence-corrected chi connectivity index (χ3v) is 5.60. The van der Waals surface area contributed by atoms with Crippen LogP contribution in [0.3, 0.4) is 0 Å². The summed E-state index contributed by atoms with van der Waals surface area (Å²) in [6.07, 6.45) is 3.57. The molecule has 1 aromatic heterocycles. The normalized spacial score (nSPS) is 18.2. The van der Waals surface area contributed by atoms with Crippen molar-refractivity contribution in [1.82, 2.24) is 10.3 Å². The van der Waals surface area contributed by atoms with Gasteiger partial charge >= 0.3 is 0 Å². The van der Waals surface area contributed by atoms with Crippen LogP contribution in [0.25, 0.3) is 10.9 Å². The quantitative estimate of drug-likeness (QED) is 0.378. The fourth-order valence-electron chi connectivity index (χ4n) is 2.85. The summed E-state index contributed by atoms with van der Waals surface area (Å²) in [5.74, 6) is -0.360. The third kappa shape index (κ3) is 4.00. The number of aromatic amines is 1. The average Bonchev–Trinajstić information content (AvgIpc) is 3.26. The topological polar surface area (TPSA) is 86.7 Å². The van der Waals surface area contributed by atoms with E-state index in [1.54, 1.807) is 30.5 Å². The second-order valence-electron chi connectivity index (χ2n) is 6.17. The molecule has 0 bridgehead atoms. The van der Waals surface area contributed by atoms with Gasteiger partial charge in [0.1, 0.15) is 0 Å². The summed E-state index contributed by atoms with van der Waals surface area (Å²) < 4.78 is 0. The number of rotatable bonds is 5. The highest BCUT2D eigenvalue weighted by atomic mass is 35.5. The molecule has 4 rings (SSSR count). The van der Waals surface area contributed by atoms with Gasteiger partial charge in [0, 0.05) is 39.7 Å². The molecule has 1 unspecified atom stereocenters. The highest BCUT2D eigenvalue weighted by Crippen LogP contribution is 2.24. The number of amides is 1. The van der Waals surface area contributed by atoms with E-state index in [0.29, 0.717) is 15.8 Å². The predicted octanol–water partition coefficient (Wildman–Crippen LogP) is 4.02. The number of thioether (sulfide) groups is 1. The lowest BCUT2D eigenvalue weighted by atomic mass is 10.1. The minimum Gasteiger partial charge on any atom is -0.361 e. The van der Waals surface area contributed by atoms with Crippen LogP contribution < -0.4 is 5.32 Å². The minimum atomic E-state index is -0.523. The first kappa shape index (κ1) is 18.5. The van der Waals surface area contributed by atoms with Crippen molar-refractivity contribution in [3.63, 3.8) is 0 Å². The van der Waals surface area contributed by atoms with Crippen LogP contribution in [-0.4, -0.2) is 33.3 Å². The molecule has 2 aromatic carbocycles. The van der Waals surface area contributed by atoms with Crippen molar-refractivity contribution in [2.24, 2.45) is 10.2 Å². The Kier molecular flexibility index (Phi) is 5.27. The molecule has 1 atom stereocenters. The zero-order valence-corrected chi connectivity index (χ0v) is 16.1. The first-order valence-corrected chi connectivity index (χ1v) is 9.79. The van der Waals surface area contributed by atoms with Gasteiger partial charge < -0.3 is 10.3 Å². The third-order valence-electron chi connectivity index (χ3n) is 4.28. The number of carbonyl (C=O) groups is 2. The van der Waals surface area contributed by atoms with E-state index in [-0.39, 0.29) is 18.1 Å². The maximum absolute atomic E-state index is 12.3. The van der Waals surface area contributed by atoms with Gasteiger partial charge in [0.05, 0.1) is 11.5 Å². The van der Waals surface area contributed by atoms with E-state index >= 15 is 0 Å². The van der Waals surface area contributed by atoms with Crippen LogP contribution in [0.1, 0.15) is 22.3 Å². The molecule has 2 heterocycles. The van der Waals surface area contributed by atoms with E-state index in [4.69, 9.17) is 11.6 Å². The molecule has 1 amide bonds. The van der Waals surface area contributed by atoms with E-state index in [2.05, 4.69) is 20.5 Å². The Labute approximate surface area is 170 Å². The average molecular weight is 411 g/mol. The Morgan fingerprint density at radius 1 is 1.18 bits per heavy atom. The van der Waals surface area contributed by atoms with Gasteiger partial charge in [-0.25, -0.2) is 0 Å². The molecule has 0 aliphatic carbocycles. The zero-order chi connectivity index (χ0) is 19.5. The lowest BCUT2D eigenvalue weighted by Crippen LogP contribution is -2.26. The van der Waals surface area contributed by atoms with Crippen molar-refractivity contribution in [2.45, 2.75) is 11.7 Å².